The Morgan fingerprint density at radius 2 is 1.75 bits per heavy atom. The van der Waals surface area contributed by atoms with Crippen LogP contribution in [-0.2, 0) is 0 Å². The van der Waals surface area contributed by atoms with Gasteiger partial charge in [0.25, 0.3) is 5.56 Å². The van der Waals surface area contributed by atoms with E-state index in [1.807, 2.05) is 36.4 Å². The molecule has 0 aliphatic heterocycles. The molecule has 1 N–H and O–H groups in total. The third-order valence-corrected chi connectivity index (χ3v) is 5.77. The summed E-state index contributed by atoms with van der Waals surface area (Å²) in [7, 11) is 0. The van der Waals surface area contributed by atoms with Gasteiger partial charge in [0.1, 0.15) is 21.4 Å². The zero-order valence-electron chi connectivity index (χ0n) is 14.5. The van der Waals surface area contributed by atoms with Crippen LogP contribution < -0.4 is 10.9 Å². The maximum atomic E-state index is 13.1. The number of rotatable bonds is 3. The molecule has 3 aromatic heterocycles. The topological polar surface area (TPSA) is 59.8 Å². The number of thiophene rings is 1. The van der Waals surface area contributed by atoms with E-state index in [1.54, 1.807) is 36.8 Å². The van der Waals surface area contributed by atoms with Crippen LogP contribution in [0.5, 0.6) is 0 Å². The van der Waals surface area contributed by atoms with Crippen LogP contribution in [0.15, 0.2) is 78.0 Å². The molecule has 0 aliphatic rings. The van der Waals surface area contributed by atoms with Crippen LogP contribution in [0.25, 0.3) is 26.1 Å². The van der Waals surface area contributed by atoms with Gasteiger partial charge in [-0.15, -0.1) is 11.3 Å². The fourth-order valence-electron chi connectivity index (χ4n) is 3.12. The van der Waals surface area contributed by atoms with Crippen molar-refractivity contribution in [2.45, 2.75) is 0 Å². The van der Waals surface area contributed by atoms with E-state index in [9.17, 15) is 4.79 Å². The molecule has 0 atom stereocenters. The van der Waals surface area contributed by atoms with Gasteiger partial charge in [0, 0.05) is 16.9 Å². The summed E-state index contributed by atoms with van der Waals surface area (Å²) in [6.45, 7) is 0. The summed E-state index contributed by atoms with van der Waals surface area (Å²) in [5.41, 5.74) is 3.09. The second kappa shape index (κ2) is 6.74. The van der Waals surface area contributed by atoms with Gasteiger partial charge in [0.15, 0.2) is 0 Å². The van der Waals surface area contributed by atoms with Gasteiger partial charge in [0.05, 0.1) is 16.8 Å². The molecule has 0 unspecified atom stereocenters. The van der Waals surface area contributed by atoms with E-state index >= 15 is 0 Å². The summed E-state index contributed by atoms with van der Waals surface area (Å²) >= 11 is 7.31. The lowest BCUT2D eigenvalue weighted by Gasteiger charge is -2.08. The second-order valence-corrected chi connectivity index (χ2v) is 7.64. The largest absolute Gasteiger partial charge is 0.355 e. The molecular weight excluding hydrogens is 392 g/mol. The number of fused-ring (bicyclic) bond motifs is 3. The van der Waals surface area contributed by atoms with Gasteiger partial charge >= 0.3 is 0 Å². The van der Waals surface area contributed by atoms with Crippen LogP contribution in [-0.4, -0.2) is 14.5 Å². The highest BCUT2D eigenvalue weighted by Crippen LogP contribution is 2.35. The Morgan fingerprint density at radius 1 is 0.964 bits per heavy atom. The molecule has 2 aromatic carbocycles. The van der Waals surface area contributed by atoms with E-state index < -0.39 is 0 Å². The number of para-hydroxylation sites is 1. The van der Waals surface area contributed by atoms with Gasteiger partial charge in [0.2, 0.25) is 0 Å². The maximum Gasteiger partial charge on any atom is 0.275 e. The molecule has 28 heavy (non-hydrogen) atoms. The highest BCUT2D eigenvalue weighted by molar-refractivity contribution is 7.25. The zero-order valence-corrected chi connectivity index (χ0v) is 16.0. The first kappa shape index (κ1) is 16.9. The number of nitrogens with one attached hydrogen (secondary N) is 1. The third kappa shape index (κ3) is 2.83. The van der Waals surface area contributed by atoms with Gasteiger partial charge in [-0.3, -0.25) is 9.36 Å². The smallest absolute Gasteiger partial charge is 0.275 e. The van der Waals surface area contributed by atoms with Crippen molar-refractivity contribution < 1.29 is 0 Å². The Morgan fingerprint density at radius 3 is 2.54 bits per heavy atom. The fraction of sp³-hybridized carbons (Fsp3) is 0. The van der Waals surface area contributed by atoms with Gasteiger partial charge in [-0.05, 0) is 42.5 Å². The number of halogens is 1. The average molecular weight is 405 g/mol. The molecule has 0 radical (unpaired) electrons. The molecule has 0 aliphatic carbocycles. The van der Waals surface area contributed by atoms with E-state index in [1.165, 1.54) is 15.9 Å². The number of pyridine rings is 1. The summed E-state index contributed by atoms with van der Waals surface area (Å²) in [6, 6.07) is 18.9. The van der Waals surface area contributed by atoms with Crippen molar-refractivity contribution in [1.29, 1.82) is 0 Å². The van der Waals surface area contributed by atoms with Crippen LogP contribution >= 0.6 is 22.9 Å². The predicted octanol–water partition coefficient (Wildman–Crippen LogP) is 5.39. The summed E-state index contributed by atoms with van der Waals surface area (Å²) in [6.07, 6.45) is 3.29. The molecule has 0 bridgehead atoms. The lowest BCUT2D eigenvalue weighted by molar-refractivity contribution is 0.968. The minimum Gasteiger partial charge on any atom is -0.355 e. The normalized spacial score (nSPS) is 11.2. The molecule has 7 heteroatoms. The Bertz CT molecular complexity index is 1360. The number of aromatic nitrogens is 3. The molecule has 0 saturated carbocycles. The minimum atomic E-state index is -0.124. The number of benzene rings is 2. The van der Waals surface area contributed by atoms with Crippen LogP contribution in [0.2, 0.25) is 5.02 Å². The molecule has 0 saturated heterocycles. The summed E-state index contributed by atoms with van der Waals surface area (Å²) in [5, 5.41) is 4.87. The van der Waals surface area contributed by atoms with E-state index in [4.69, 9.17) is 11.6 Å². The van der Waals surface area contributed by atoms with Crippen LogP contribution in [0.1, 0.15) is 0 Å². The van der Waals surface area contributed by atoms with Crippen LogP contribution in [0.4, 0.5) is 11.4 Å². The minimum absolute atomic E-state index is 0.124. The molecule has 0 fully saturated rings. The van der Waals surface area contributed by atoms with Crippen molar-refractivity contribution in [3.8, 4) is 5.69 Å². The van der Waals surface area contributed by atoms with E-state index in [2.05, 4.69) is 15.3 Å². The van der Waals surface area contributed by atoms with Gasteiger partial charge in [-0.2, -0.15) is 0 Å². The number of nitrogens with zero attached hydrogens (tertiary/aromatic N) is 3. The maximum absolute atomic E-state index is 13.1. The Balaban J connectivity index is 1.71. The van der Waals surface area contributed by atoms with Gasteiger partial charge in [-0.1, -0.05) is 29.8 Å². The van der Waals surface area contributed by atoms with Crippen molar-refractivity contribution >= 4 is 54.7 Å². The highest BCUT2D eigenvalue weighted by Gasteiger charge is 2.16. The lowest BCUT2D eigenvalue weighted by Crippen LogP contribution is -2.17. The van der Waals surface area contributed by atoms with Crippen molar-refractivity contribution in [2.24, 2.45) is 0 Å². The average Bonchev–Trinajstić information content (AvgIpc) is 3.11. The molecule has 3 heterocycles. The standard InChI is InChI=1S/C21H13ClN4OS/c22-13-6-8-15(9-7-13)26-12-24-18-17-16(25-14-4-2-1-3-5-14)10-11-23-20(17)28-19(18)21(26)27/h1-12H,(H,23,25). The highest BCUT2D eigenvalue weighted by atomic mass is 35.5. The van der Waals surface area contributed by atoms with Crippen LogP contribution in [0.3, 0.4) is 0 Å². The van der Waals surface area contributed by atoms with Gasteiger partial charge in [-0.25, -0.2) is 9.97 Å². The first-order chi connectivity index (χ1) is 13.7. The number of anilines is 2. The fourth-order valence-corrected chi connectivity index (χ4v) is 4.30. The molecule has 0 spiro atoms. The van der Waals surface area contributed by atoms with Crippen molar-refractivity contribution in [3.05, 3.63) is 88.6 Å². The van der Waals surface area contributed by atoms with E-state index in [-0.39, 0.29) is 5.56 Å². The van der Waals surface area contributed by atoms with Gasteiger partial charge < -0.3 is 5.32 Å². The zero-order chi connectivity index (χ0) is 19.1. The monoisotopic (exact) mass is 404 g/mol. The SMILES string of the molecule is O=c1c2sc3nccc(Nc4ccccc4)c3c2ncn1-c1ccc(Cl)cc1. The summed E-state index contributed by atoms with van der Waals surface area (Å²) in [5.74, 6) is 0. The molecular formula is C21H13ClN4OS. The first-order valence-corrected chi connectivity index (χ1v) is 9.77. The molecule has 5 nitrogen and oxygen atoms in total. The van der Waals surface area contributed by atoms with Crippen molar-refractivity contribution in [3.63, 3.8) is 0 Å². The lowest BCUT2D eigenvalue weighted by atomic mass is 10.2. The Kier molecular flexibility index (Phi) is 4.07. The Labute approximate surface area is 168 Å². The predicted molar refractivity (Wildman–Crippen MR) is 115 cm³/mol. The van der Waals surface area contributed by atoms with Crippen molar-refractivity contribution in [2.75, 3.05) is 5.32 Å². The summed E-state index contributed by atoms with van der Waals surface area (Å²) < 4.78 is 2.10. The molecule has 5 aromatic rings. The first-order valence-electron chi connectivity index (χ1n) is 8.57. The molecule has 136 valence electrons. The number of hydrogen-bond donors (Lipinski definition) is 1. The molecule has 0 amide bonds. The van der Waals surface area contributed by atoms with Crippen molar-refractivity contribution in [1.82, 2.24) is 14.5 Å². The number of hydrogen-bond acceptors (Lipinski definition) is 5. The second-order valence-electron chi connectivity index (χ2n) is 6.21. The van der Waals surface area contributed by atoms with E-state index in [0.29, 0.717) is 15.2 Å². The molecule has 5 rings (SSSR count). The van der Waals surface area contributed by atoms with E-state index in [0.717, 1.165) is 27.3 Å². The summed E-state index contributed by atoms with van der Waals surface area (Å²) in [4.78, 5) is 22.9. The quantitative estimate of drug-likeness (QED) is 0.437. The third-order valence-electron chi connectivity index (χ3n) is 4.44. The van der Waals surface area contributed by atoms with Crippen LogP contribution in [0, 0.1) is 0 Å². The Hall–Kier alpha value is -3.22.